The summed E-state index contributed by atoms with van der Waals surface area (Å²) in [6.07, 6.45) is 0. The maximum absolute atomic E-state index is 12.1. The standard InChI is InChI=1S/C17H16N2O8/c1-25-14-7-12(17(21)22)13(8-15(14)26-2)18-16(20)9-27-11-5-3-10(4-6-11)19(23)24/h3-8H,9H2,1-2H3,(H,18,20)(H,21,22). The minimum absolute atomic E-state index is 0.0115. The van der Waals surface area contributed by atoms with Gasteiger partial charge in [0, 0.05) is 24.3 Å². The number of carboxylic acids is 1. The summed E-state index contributed by atoms with van der Waals surface area (Å²) in [7, 11) is 2.74. The largest absolute Gasteiger partial charge is 0.493 e. The van der Waals surface area contributed by atoms with Crippen LogP contribution in [0.2, 0.25) is 0 Å². The zero-order valence-electron chi connectivity index (χ0n) is 14.4. The summed E-state index contributed by atoms with van der Waals surface area (Å²) in [5, 5.41) is 22.3. The van der Waals surface area contributed by atoms with Gasteiger partial charge in [0.2, 0.25) is 0 Å². The van der Waals surface area contributed by atoms with Crippen molar-refractivity contribution < 1.29 is 33.8 Å². The van der Waals surface area contributed by atoms with Gasteiger partial charge in [0.15, 0.2) is 18.1 Å². The van der Waals surface area contributed by atoms with Crippen molar-refractivity contribution in [2.24, 2.45) is 0 Å². The van der Waals surface area contributed by atoms with E-state index in [2.05, 4.69) is 5.32 Å². The molecule has 0 saturated heterocycles. The number of anilines is 1. The first-order valence-corrected chi connectivity index (χ1v) is 7.52. The van der Waals surface area contributed by atoms with E-state index < -0.39 is 23.4 Å². The van der Waals surface area contributed by atoms with Gasteiger partial charge < -0.3 is 24.6 Å². The number of non-ortho nitro benzene ring substituents is 1. The molecule has 0 atom stereocenters. The van der Waals surface area contributed by atoms with Crippen molar-refractivity contribution in [2.45, 2.75) is 0 Å². The van der Waals surface area contributed by atoms with Gasteiger partial charge in [-0.3, -0.25) is 14.9 Å². The molecule has 0 unspecified atom stereocenters. The molecule has 0 spiro atoms. The SMILES string of the molecule is COc1cc(NC(=O)COc2ccc([N+](=O)[O-])cc2)c(C(=O)O)cc1OC. The predicted octanol–water partition coefficient (Wildman–Crippen LogP) is 2.33. The molecule has 2 rings (SSSR count). The van der Waals surface area contributed by atoms with Crippen LogP contribution in [-0.2, 0) is 4.79 Å². The van der Waals surface area contributed by atoms with Crippen LogP contribution in [0, 0.1) is 10.1 Å². The van der Waals surface area contributed by atoms with E-state index in [4.69, 9.17) is 14.2 Å². The van der Waals surface area contributed by atoms with Crippen molar-refractivity contribution in [1.29, 1.82) is 0 Å². The number of hydrogen-bond donors (Lipinski definition) is 2. The third kappa shape index (κ3) is 4.84. The number of carboxylic acid groups (broad SMARTS) is 1. The Balaban J connectivity index is 2.10. The zero-order chi connectivity index (χ0) is 20.0. The van der Waals surface area contributed by atoms with E-state index in [1.807, 2.05) is 0 Å². The fourth-order valence-corrected chi connectivity index (χ4v) is 2.16. The van der Waals surface area contributed by atoms with E-state index in [-0.39, 0.29) is 34.2 Å². The molecule has 0 radical (unpaired) electrons. The number of carbonyl (C=O) groups excluding carboxylic acids is 1. The van der Waals surface area contributed by atoms with Crippen LogP contribution in [0.5, 0.6) is 17.2 Å². The molecule has 10 nitrogen and oxygen atoms in total. The number of nitro groups is 1. The Morgan fingerprint density at radius 2 is 1.70 bits per heavy atom. The lowest BCUT2D eigenvalue weighted by molar-refractivity contribution is -0.384. The fourth-order valence-electron chi connectivity index (χ4n) is 2.16. The first-order chi connectivity index (χ1) is 12.8. The summed E-state index contributed by atoms with van der Waals surface area (Å²) in [6.45, 7) is -0.425. The molecule has 1 amide bonds. The lowest BCUT2D eigenvalue weighted by Crippen LogP contribution is -2.21. The van der Waals surface area contributed by atoms with Crippen LogP contribution < -0.4 is 19.5 Å². The van der Waals surface area contributed by atoms with Crippen LogP contribution in [-0.4, -0.2) is 42.7 Å². The highest BCUT2D eigenvalue weighted by Crippen LogP contribution is 2.33. The monoisotopic (exact) mass is 376 g/mol. The second-order valence-electron chi connectivity index (χ2n) is 5.15. The number of hydrogen-bond acceptors (Lipinski definition) is 7. The van der Waals surface area contributed by atoms with Crippen LogP contribution in [0.3, 0.4) is 0 Å². The molecule has 0 heterocycles. The Labute approximate surface area is 153 Å². The fraction of sp³-hybridized carbons (Fsp3) is 0.176. The highest BCUT2D eigenvalue weighted by atomic mass is 16.6. The number of ether oxygens (including phenoxy) is 3. The molecule has 0 aliphatic rings. The summed E-state index contributed by atoms with van der Waals surface area (Å²) < 4.78 is 15.4. The highest BCUT2D eigenvalue weighted by molar-refractivity contribution is 6.01. The summed E-state index contributed by atoms with van der Waals surface area (Å²) in [6, 6.07) is 7.74. The van der Waals surface area contributed by atoms with Gasteiger partial charge >= 0.3 is 5.97 Å². The molecular weight excluding hydrogens is 360 g/mol. The summed E-state index contributed by atoms with van der Waals surface area (Å²) >= 11 is 0. The van der Waals surface area contributed by atoms with Crippen LogP contribution in [0.4, 0.5) is 11.4 Å². The van der Waals surface area contributed by atoms with Gasteiger partial charge in [0.05, 0.1) is 30.4 Å². The molecule has 2 aromatic rings. The van der Waals surface area contributed by atoms with Crippen LogP contribution in [0.1, 0.15) is 10.4 Å². The Bertz CT molecular complexity index is 864. The van der Waals surface area contributed by atoms with Crippen LogP contribution in [0.25, 0.3) is 0 Å². The molecule has 2 aromatic carbocycles. The lowest BCUT2D eigenvalue weighted by Gasteiger charge is -2.14. The Hall–Kier alpha value is -3.82. The zero-order valence-corrected chi connectivity index (χ0v) is 14.4. The Morgan fingerprint density at radius 1 is 1.11 bits per heavy atom. The van der Waals surface area contributed by atoms with Crippen molar-refractivity contribution in [3.63, 3.8) is 0 Å². The molecule has 10 heteroatoms. The first-order valence-electron chi connectivity index (χ1n) is 7.52. The van der Waals surface area contributed by atoms with E-state index in [0.717, 1.165) is 0 Å². The van der Waals surface area contributed by atoms with Gasteiger partial charge in [0.1, 0.15) is 5.75 Å². The normalized spacial score (nSPS) is 10.0. The van der Waals surface area contributed by atoms with Crippen molar-refractivity contribution >= 4 is 23.3 Å². The Morgan fingerprint density at radius 3 is 2.22 bits per heavy atom. The van der Waals surface area contributed by atoms with Gasteiger partial charge in [-0.25, -0.2) is 4.79 Å². The first kappa shape index (κ1) is 19.5. The molecule has 0 fully saturated rings. The van der Waals surface area contributed by atoms with Crippen molar-refractivity contribution in [3.05, 3.63) is 52.1 Å². The minimum Gasteiger partial charge on any atom is -0.493 e. The molecule has 2 N–H and O–H groups in total. The van der Waals surface area contributed by atoms with Crippen molar-refractivity contribution in [3.8, 4) is 17.2 Å². The van der Waals surface area contributed by atoms with E-state index in [0.29, 0.717) is 0 Å². The summed E-state index contributed by atoms with van der Waals surface area (Å²) in [4.78, 5) is 33.5. The molecule has 0 bridgehead atoms. The number of rotatable bonds is 8. The van der Waals surface area contributed by atoms with Gasteiger partial charge in [-0.2, -0.15) is 0 Å². The third-order valence-corrected chi connectivity index (χ3v) is 3.45. The predicted molar refractivity (Wildman–Crippen MR) is 93.7 cm³/mol. The van der Waals surface area contributed by atoms with E-state index in [1.165, 1.54) is 50.6 Å². The van der Waals surface area contributed by atoms with Gasteiger partial charge in [-0.1, -0.05) is 0 Å². The molecule has 0 aliphatic carbocycles. The summed E-state index contributed by atoms with van der Waals surface area (Å²) in [5.74, 6) is -1.18. The van der Waals surface area contributed by atoms with E-state index in [1.54, 1.807) is 0 Å². The van der Waals surface area contributed by atoms with Crippen molar-refractivity contribution in [2.75, 3.05) is 26.1 Å². The van der Waals surface area contributed by atoms with E-state index in [9.17, 15) is 24.8 Å². The second kappa shape index (κ2) is 8.52. The van der Waals surface area contributed by atoms with E-state index >= 15 is 0 Å². The average molecular weight is 376 g/mol. The lowest BCUT2D eigenvalue weighted by atomic mass is 10.1. The third-order valence-electron chi connectivity index (χ3n) is 3.45. The number of nitrogens with one attached hydrogen (secondary N) is 1. The maximum atomic E-state index is 12.1. The molecule has 142 valence electrons. The average Bonchev–Trinajstić information content (AvgIpc) is 2.66. The smallest absolute Gasteiger partial charge is 0.337 e. The molecule has 0 aliphatic heterocycles. The number of methoxy groups -OCH3 is 2. The Kier molecular flexibility index (Phi) is 6.15. The number of aromatic carboxylic acids is 1. The number of carbonyl (C=O) groups is 2. The highest BCUT2D eigenvalue weighted by Gasteiger charge is 2.18. The topological polar surface area (TPSA) is 137 Å². The van der Waals surface area contributed by atoms with Crippen LogP contribution in [0.15, 0.2) is 36.4 Å². The molecular formula is C17H16N2O8. The van der Waals surface area contributed by atoms with Gasteiger partial charge in [-0.05, 0) is 12.1 Å². The number of benzene rings is 2. The summed E-state index contributed by atoms with van der Waals surface area (Å²) in [5.41, 5.74) is -0.281. The number of amides is 1. The maximum Gasteiger partial charge on any atom is 0.337 e. The number of nitrogens with zero attached hydrogens (tertiary/aromatic N) is 1. The molecule has 0 saturated carbocycles. The molecule has 0 aromatic heterocycles. The van der Waals surface area contributed by atoms with Gasteiger partial charge in [-0.15, -0.1) is 0 Å². The van der Waals surface area contributed by atoms with Crippen LogP contribution >= 0.6 is 0 Å². The van der Waals surface area contributed by atoms with Crippen molar-refractivity contribution in [1.82, 2.24) is 0 Å². The molecule has 27 heavy (non-hydrogen) atoms. The minimum atomic E-state index is -1.26. The number of nitro benzene ring substituents is 1. The quantitative estimate of drug-likeness (QED) is 0.529. The van der Waals surface area contributed by atoms with Gasteiger partial charge in [0.25, 0.3) is 11.6 Å². The second-order valence-corrected chi connectivity index (χ2v) is 5.15.